The van der Waals surface area contributed by atoms with E-state index >= 15 is 0 Å². The van der Waals surface area contributed by atoms with Gasteiger partial charge in [-0.25, -0.2) is 9.78 Å². The summed E-state index contributed by atoms with van der Waals surface area (Å²) in [4.78, 5) is 18.6. The van der Waals surface area contributed by atoms with Gasteiger partial charge in [0.2, 0.25) is 0 Å². The minimum atomic E-state index is -0.0641. The summed E-state index contributed by atoms with van der Waals surface area (Å²) in [6.07, 6.45) is 2.77. The number of aliphatic hydroxyl groups is 1. The van der Waals surface area contributed by atoms with Crippen molar-refractivity contribution >= 4 is 17.4 Å². The van der Waals surface area contributed by atoms with Crippen LogP contribution in [0.1, 0.15) is 29.1 Å². The summed E-state index contributed by atoms with van der Waals surface area (Å²) in [6.45, 7) is 2.00. The summed E-state index contributed by atoms with van der Waals surface area (Å²) in [5.41, 5.74) is 2.14. The maximum absolute atomic E-state index is 12.2. The van der Waals surface area contributed by atoms with Gasteiger partial charge in [-0.15, -0.1) is 11.3 Å². The molecule has 0 spiro atoms. The van der Waals surface area contributed by atoms with E-state index in [0.29, 0.717) is 13.1 Å². The number of nitrogens with zero attached hydrogens (tertiary/aromatic N) is 2. The van der Waals surface area contributed by atoms with Gasteiger partial charge in [-0.05, 0) is 24.3 Å². The fourth-order valence-electron chi connectivity index (χ4n) is 2.96. The van der Waals surface area contributed by atoms with Crippen molar-refractivity contribution in [1.82, 2.24) is 15.2 Å². The van der Waals surface area contributed by atoms with Crippen molar-refractivity contribution in [3.05, 3.63) is 52.0 Å². The molecule has 1 atom stereocenters. The van der Waals surface area contributed by atoms with Crippen molar-refractivity contribution in [3.8, 4) is 0 Å². The zero-order chi connectivity index (χ0) is 16.8. The lowest BCUT2D eigenvalue weighted by molar-refractivity contribution is 0.129. The Morgan fingerprint density at radius 2 is 2.21 bits per heavy atom. The van der Waals surface area contributed by atoms with Crippen LogP contribution in [-0.4, -0.2) is 40.7 Å². The number of benzene rings is 1. The molecule has 0 unspecified atom stereocenters. The Labute approximate surface area is 146 Å². The molecule has 5 nitrogen and oxygen atoms in total. The molecule has 1 fully saturated rings. The van der Waals surface area contributed by atoms with Crippen LogP contribution >= 0.6 is 11.3 Å². The van der Waals surface area contributed by atoms with E-state index in [1.807, 2.05) is 23.6 Å². The number of amides is 2. The van der Waals surface area contributed by atoms with E-state index in [4.69, 9.17) is 0 Å². The lowest BCUT2D eigenvalue weighted by atomic mass is 9.99. The average Bonchev–Trinajstić information content (AvgIpc) is 3.08. The third-order valence-electron chi connectivity index (χ3n) is 4.28. The summed E-state index contributed by atoms with van der Waals surface area (Å²) >= 11 is 1.63. The van der Waals surface area contributed by atoms with Gasteiger partial charge in [-0.1, -0.05) is 30.3 Å². The fraction of sp³-hybridized carbons (Fsp3) is 0.444. The van der Waals surface area contributed by atoms with Gasteiger partial charge in [0.05, 0.1) is 17.2 Å². The van der Waals surface area contributed by atoms with Crippen molar-refractivity contribution in [2.45, 2.75) is 25.8 Å². The third kappa shape index (κ3) is 4.55. The number of hydrogen-bond acceptors (Lipinski definition) is 4. The van der Waals surface area contributed by atoms with Crippen LogP contribution in [0.5, 0.6) is 0 Å². The molecule has 2 N–H and O–H groups in total. The number of carbonyl (C=O) groups is 1. The fourth-order valence-corrected chi connectivity index (χ4v) is 3.79. The first-order chi connectivity index (χ1) is 11.7. The minimum absolute atomic E-state index is 0.0641. The SMILES string of the molecule is O=C(NCc1csc(Cc2ccccc2)n1)N1CCC[C@H](CO)C1. The van der Waals surface area contributed by atoms with E-state index < -0.39 is 0 Å². The predicted octanol–water partition coefficient (Wildman–Crippen LogP) is 2.65. The molecule has 0 bridgehead atoms. The molecule has 3 rings (SSSR count). The first kappa shape index (κ1) is 16.9. The molecule has 0 aliphatic carbocycles. The van der Waals surface area contributed by atoms with Gasteiger partial charge in [0.1, 0.15) is 0 Å². The van der Waals surface area contributed by atoms with Crippen LogP contribution in [0.15, 0.2) is 35.7 Å². The highest BCUT2D eigenvalue weighted by atomic mass is 32.1. The standard InChI is InChI=1S/C18H23N3O2S/c22-12-15-7-4-8-21(11-15)18(23)19-10-16-13-24-17(20-16)9-14-5-2-1-3-6-14/h1-3,5-6,13,15,22H,4,7-12H2,(H,19,23)/t15-/m0/s1. The normalized spacial score (nSPS) is 17.7. The molecule has 1 aromatic heterocycles. The number of hydrogen-bond donors (Lipinski definition) is 2. The van der Waals surface area contributed by atoms with Crippen molar-refractivity contribution in [3.63, 3.8) is 0 Å². The van der Waals surface area contributed by atoms with Gasteiger partial charge < -0.3 is 15.3 Å². The Balaban J connectivity index is 1.49. The summed E-state index contributed by atoms with van der Waals surface area (Å²) in [6, 6.07) is 10.2. The summed E-state index contributed by atoms with van der Waals surface area (Å²) < 4.78 is 0. The van der Waals surface area contributed by atoms with Crippen LogP contribution in [-0.2, 0) is 13.0 Å². The second kappa shape index (κ2) is 8.26. The molecule has 1 aromatic carbocycles. The smallest absolute Gasteiger partial charge is 0.317 e. The third-order valence-corrected chi connectivity index (χ3v) is 5.18. The van der Waals surface area contributed by atoms with E-state index in [9.17, 15) is 9.90 Å². The van der Waals surface area contributed by atoms with Crippen molar-refractivity contribution < 1.29 is 9.90 Å². The van der Waals surface area contributed by atoms with Gasteiger partial charge in [0.15, 0.2) is 0 Å². The molecular weight excluding hydrogens is 322 g/mol. The maximum Gasteiger partial charge on any atom is 0.317 e. The Morgan fingerprint density at radius 1 is 1.38 bits per heavy atom. The number of carbonyl (C=O) groups excluding carboxylic acids is 1. The highest BCUT2D eigenvalue weighted by molar-refractivity contribution is 7.09. The number of nitrogens with one attached hydrogen (secondary N) is 1. The quantitative estimate of drug-likeness (QED) is 0.875. The number of rotatable bonds is 5. The number of likely N-dealkylation sites (tertiary alicyclic amines) is 1. The highest BCUT2D eigenvalue weighted by Gasteiger charge is 2.22. The zero-order valence-electron chi connectivity index (χ0n) is 13.6. The molecule has 1 aliphatic rings. The van der Waals surface area contributed by atoms with Crippen LogP contribution in [0.2, 0.25) is 0 Å². The van der Waals surface area contributed by atoms with Crippen LogP contribution in [0.25, 0.3) is 0 Å². The average molecular weight is 345 g/mol. The molecule has 1 aliphatic heterocycles. The molecular formula is C18H23N3O2S. The maximum atomic E-state index is 12.2. The van der Waals surface area contributed by atoms with Crippen molar-refractivity contribution in [1.29, 1.82) is 0 Å². The zero-order valence-corrected chi connectivity index (χ0v) is 14.5. The lowest BCUT2D eigenvalue weighted by Crippen LogP contribution is -2.45. The molecule has 2 heterocycles. The first-order valence-electron chi connectivity index (χ1n) is 8.35. The molecule has 24 heavy (non-hydrogen) atoms. The molecule has 0 radical (unpaired) electrons. The minimum Gasteiger partial charge on any atom is -0.396 e. The Kier molecular flexibility index (Phi) is 5.82. The van der Waals surface area contributed by atoms with Crippen LogP contribution in [0, 0.1) is 5.92 Å². The predicted molar refractivity (Wildman–Crippen MR) is 95.0 cm³/mol. The second-order valence-electron chi connectivity index (χ2n) is 6.19. The van der Waals surface area contributed by atoms with Gasteiger partial charge in [-0.3, -0.25) is 0 Å². The monoisotopic (exact) mass is 345 g/mol. The second-order valence-corrected chi connectivity index (χ2v) is 7.13. The summed E-state index contributed by atoms with van der Waals surface area (Å²) in [7, 11) is 0. The summed E-state index contributed by atoms with van der Waals surface area (Å²) in [5.74, 6) is 0.209. The van der Waals surface area contributed by atoms with Gasteiger partial charge in [-0.2, -0.15) is 0 Å². The summed E-state index contributed by atoms with van der Waals surface area (Å²) in [5, 5.41) is 15.3. The molecule has 6 heteroatoms. The number of piperidine rings is 1. The van der Waals surface area contributed by atoms with Gasteiger partial charge in [0, 0.05) is 31.5 Å². The molecule has 0 saturated carbocycles. The molecule has 128 valence electrons. The van der Waals surface area contributed by atoms with E-state index in [0.717, 1.165) is 36.5 Å². The van der Waals surface area contributed by atoms with Crippen molar-refractivity contribution in [2.24, 2.45) is 5.92 Å². The number of aromatic nitrogens is 1. The Bertz CT molecular complexity index is 659. The Morgan fingerprint density at radius 3 is 3.00 bits per heavy atom. The first-order valence-corrected chi connectivity index (χ1v) is 9.23. The molecule has 2 aromatic rings. The van der Waals surface area contributed by atoms with E-state index in [-0.39, 0.29) is 18.6 Å². The van der Waals surface area contributed by atoms with Crippen LogP contribution in [0.3, 0.4) is 0 Å². The Hall–Kier alpha value is -1.92. The number of urea groups is 1. The van der Waals surface area contributed by atoms with Crippen LogP contribution < -0.4 is 5.32 Å². The number of thiazole rings is 1. The topological polar surface area (TPSA) is 65.5 Å². The van der Waals surface area contributed by atoms with E-state index in [1.165, 1.54) is 5.56 Å². The largest absolute Gasteiger partial charge is 0.396 e. The highest BCUT2D eigenvalue weighted by Crippen LogP contribution is 2.17. The van der Waals surface area contributed by atoms with E-state index in [2.05, 4.69) is 22.4 Å². The lowest BCUT2D eigenvalue weighted by Gasteiger charge is -2.31. The van der Waals surface area contributed by atoms with Crippen LogP contribution in [0.4, 0.5) is 4.79 Å². The van der Waals surface area contributed by atoms with E-state index in [1.54, 1.807) is 16.2 Å². The molecule has 1 saturated heterocycles. The van der Waals surface area contributed by atoms with Crippen molar-refractivity contribution in [2.75, 3.05) is 19.7 Å². The number of aliphatic hydroxyl groups excluding tert-OH is 1. The van der Waals surface area contributed by atoms with Gasteiger partial charge in [0.25, 0.3) is 0 Å². The molecule has 2 amide bonds. The van der Waals surface area contributed by atoms with Gasteiger partial charge >= 0.3 is 6.03 Å².